The molecule has 0 spiro atoms. The average molecular weight is 358 g/mol. The second-order valence-corrected chi connectivity index (χ2v) is 5.21. The van der Waals surface area contributed by atoms with E-state index in [0.29, 0.717) is 5.76 Å². The van der Waals surface area contributed by atoms with Gasteiger partial charge in [-0.1, -0.05) is 6.07 Å². The molecule has 1 heterocycles. The zero-order valence-electron chi connectivity index (χ0n) is 13.0. The molecule has 1 aromatic heterocycles. The molecule has 9 heteroatoms. The smallest absolute Gasteiger partial charge is 0.416 e. The van der Waals surface area contributed by atoms with E-state index in [-0.39, 0.29) is 31.0 Å². The van der Waals surface area contributed by atoms with E-state index in [0.717, 1.165) is 12.1 Å². The molecule has 1 aromatic carbocycles. The van der Waals surface area contributed by atoms with Crippen molar-refractivity contribution in [2.45, 2.75) is 18.8 Å². The van der Waals surface area contributed by atoms with Gasteiger partial charge in [-0.25, -0.2) is 0 Å². The molecule has 136 valence electrons. The summed E-state index contributed by atoms with van der Waals surface area (Å²) in [5.41, 5.74) is 4.78. The highest BCUT2D eigenvalue weighted by Crippen LogP contribution is 2.31. The van der Waals surface area contributed by atoms with Gasteiger partial charge in [-0.15, -0.1) is 0 Å². The first kappa shape index (κ1) is 18.8. The van der Waals surface area contributed by atoms with Gasteiger partial charge in [-0.2, -0.15) is 13.2 Å². The van der Waals surface area contributed by atoms with Gasteiger partial charge in [0.2, 0.25) is 0 Å². The van der Waals surface area contributed by atoms with Crippen LogP contribution < -0.4 is 15.8 Å². The van der Waals surface area contributed by atoms with Crippen LogP contribution in [-0.4, -0.2) is 30.3 Å². The van der Waals surface area contributed by atoms with Crippen LogP contribution in [0.25, 0.3) is 0 Å². The summed E-state index contributed by atoms with van der Waals surface area (Å²) in [6.07, 6.45) is -4.33. The third-order valence-corrected chi connectivity index (χ3v) is 3.22. The number of aliphatic hydroxyl groups is 1. The Kier molecular flexibility index (Phi) is 6.05. The van der Waals surface area contributed by atoms with E-state index in [2.05, 4.69) is 5.32 Å². The van der Waals surface area contributed by atoms with E-state index >= 15 is 0 Å². The Labute approximate surface area is 141 Å². The Morgan fingerprint density at radius 3 is 2.76 bits per heavy atom. The molecule has 0 aliphatic carbocycles. The minimum absolute atomic E-state index is 0.0253. The first-order valence-corrected chi connectivity index (χ1v) is 7.33. The topological polar surface area (TPSA) is 97.7 Å². The molecule has 0 aliphatic rings. The second-order valence-electron chi connectivity index (χ2n) is 5.21. The number of carbonyl (C=O) groups is 1. The van der Waals surface area contributed by atoms with Gasteiger partial charge in [0.15, 0.2) is 0 Å². The highest BCUT2D eigenvalue weighted by Gasteiger charge is 2.30. The van der Waals surface area contributed by atoms with Gasteiger partial charge >= 0.3 is 6.18 Å². The van der Waals surface area contributed by atoms with E-state index in [9.17, 15) is 23.1 Å². The third kappa shape index (κ3) is 5.50. The minimum Gasteiger partial charge on any atom is -0.491 e. The van der Waals surface area contributed by atoms with Gasteiger partial charge in [0, 0.05) is 6.54 Å². The van der Waals surface area contributed by atoms with Crippen molar-refractivity contribution in [3.8, 4) is 5.75 Å². The predicted octanol–water partition coefficient (Wildman–Crippen LogP) is 1.93. The summed E-state index contributed by atoms with van der Waals surface area (Å²) in [5.74, 6) is -0.0530. The molecule has 0 saturated carbocycles. The molecule has 0 radical (unpaired) electrons. The van der Waals surface area contributed by atoms with E-state index in [4.69, 9.17) is 14.9 Å². The molecule has 1 amide bonds. The van der Waals surface area contributed by atoms with Gasteiger partial charge in [0.1, 0.15) is 30.5 Å². The standard InChI is InChI=1S/C16H17F3N2O4/c17-16(18,19)11-2-1-3-13(5-11)25-9-12(22)7-21-15(23)10-4-14(6-20)24-8-10/h1-5,8,12,22H,6-7,9,20H2,(H,21,23). The summed E-state index contributed by atoms with van der Waals surface area (Å²) >= 11 is 0. The maximum atomic E-state index is 12.6. The Hall–Kier alpha value is -2.52. The number of amides is 1. The van der Waals surface area contributed by atoms with Crippen LogP contribution in [0, 0.1) is 0 Å². The second kappa shape index (κ2) is 8.04. The normalized spacial score (nSPS) is 12.7. The molecule has 2 rings (SSSR count). The number of hydrogen-bond donors (Lipinski definition) is 3. The van der Waals surface area contributed by atoms with E-state index < -0.39 is 23.8 Å². The van der Waals surface area contributed by atoms with Crippen LogP contribution in [0.1, 0.15) is 21.7 Å². The first-order chi connectivity index (χ1) is 11.8. The predicted molar refractivity (Wildman–Crippen MR) is 81.9 cm³/mol. The quantitative estimate of drug-likeness (QED) is 0.703. The van der Waals surface area contributed by atoms with E-state index in [1.165, 1.54) is 24.5 Å². The number of alkyl halides is 3. The van der Waals surface area contributed by atoms with Crippen molar-refractivity contribution in [2.24, 2.45) is 5.73 Å². The highest BCUT2D eigenvalue weighted by atomic mass is 19.4. The Morgan fingerprint density at radius 2 is 2.12 bits per heavy atom. The molecule has 0 aliphatic heterocycles. The average Bonchev–Trinajstić information content (AvgIpc) is 3.06. The number of nitrogens with one attached hydrogen (secondary N) is 1. The molecule has 1 unspecified atom stereocenters. The van der Waals surface area contributed by atoms with Gasteiger partial charge in [0.25, 0.3) is 5.91 Å². The lowest BCUT2D eigenvalue weighted by Crippen LogP contribution is -2.35. The highest BCUT2D eigenvalue weighted by molar-refractivity contribution is 5.93. The Balaban J connectivity index is 1.80. The largest absolute Gasteiger partial charge is 0.491 e. The van der Waals surface area contributed by atoms with Gasteiger partial charge in [-0.05, 0) is 24.3 Å². The fourth-order valence-corrected chi connectivity index (χ4v) is 1.93. The summed E-state index contributed by atoms with van der Waals surface area (Å²) < 4.78 is 47.9. The number of nitrogens with two attached hydrogens (primary N) is 1. The van der Waals surface area contributed by atoms with Crippen LogP contribution in [0.5, 0.6) is 5.75 Å². The summed E-state index contributed by atoms with van der Waals surface area (Å²) in [6, 6.07) is 5.79. The number of aliphatic hydroxyl groups excluding tert-OH is 1. The van der Waals surface area contributed by atoms with Crippen molar-refractivity contribution in [1.29, 1.82) is 0 Å². The number of rotatable bonds is 7. The molecular weight excluding hydrogens is 341 g/mol. The Bertz CT molecular complexity index is 715. The number of ether oxygens (including phenoxy) is 1. The molecular formula is C16H17F3N2O4. The van der Waals surface area contributed by atoms with Crippen LogP contribution >= 0.6 is 0 Å². The van der Waals surface area contributed by atoms with Crippen molar-refractivity contribution in [2.75, 3.05) is 13.2 Å². The van der Waals surface area contributed by atoms with Crippen molar-refractivity contribution in [3.63, 3.8) is 0 Å². The maximum Gasteiger partial charge on any atom is 0.416 e. The lowest BCUT2D eigenvalue weighted by atomic mass is 10.2. The lowest BCUT2D eigenvalue weighted by molar-refractivity contribution is -0.137. The molecule has 1 atom stereocenters. The lowest BCUT2D eigenvalue weighted by Gasteiger charge is -2.14. The summed E-state index contributed by atoms with van der Waals surface area (Å²) in [7, 11) is 0. The molecule has 0 fully saturated rings. The molecule has 25 heavy (non-hydrogen) atoms. The SMILES string of the molecule is NCc1cc(C(=O)NCC(O)COc2cccc(C(F)(F)F)c2)co1. The van der Waals surface area contributed by atoms with Crippen molar-refractivity contribution in [3.05, 3.63) is 53.5 Å². The van der Waals surface area contributed by atoms with Crippen molar-refractivity contribution in [1.82, 2.24) is 5.32 Å². The molecule has 6 nitrogen and oxygen atoms in total. The monoisotopic (exact) mass is 358 g/mol. The van der Waals surface area contributed by atoms with Crippen LogP contribution in [0.3, 0.4) is 0 Å². The van der Waals surface area contributed by atoms with Crippen LogP contribution in [0.15, 0.2) is 41.0 Å². The van der Waals surface area contributed by atoms with Crippen LogP contribution in [0.2, 0.25) is 0 Å². The van der Waals surface area contributed by atoms with Gasteiger partial charge in [0.05, 0.1) is 17.7 Å². The zero-order chi connectivity index (χ0) is 18.4. The minimum atomic E-state index is -4.47. The number of halogens is 3. The fraction of sp³-hybridized carbons (Fsp3) is 0.312. The molecule has 0 bridgehead atoms. The summed E-state index contributed by atoms with van der Waals surface area (Å²) in [6.45, 7) is -0.261. The number of hydrogen-bond acceptors (Lipinski definition) is 5. The number of benzene rings is 1. The fourth-order valence-electron chi connectivity index (χ4n) is 1.93. The van der Waals surface area contributed by atoms with Gasteiger partial charge < -0.3 is 25.3 Å². The number of carbonyl (C=O) groups excluding carboxylic acids is 1. The van der Waals surface area contributed by atoms with Crippen LogP contribution in [0.4, 0.5) is 13.2 Å². The van der Waals surface area contributed by atoms with E-state index in [1.54, 1.807) is 0 Å². The third-order valence-electron chi connectivity index (χ3n) is 3.22. The van der Waals surface area contributed by atoms with Gasteiger partial charge in [-0.3, -0.25) is 4.79 Å². The molecule has 2 aromatic rings. The molecule has 4 N–H and O–H groups in total. The maximum absolute atomic E-state index is 12.6. The Morgan fingerprint density at radius 1 is 1.36 bits per heavy atom. The summed E-state index contributed by atoms with van der Waals surface area (Å²) in [4.78, 5) is 11.8. The van der Waals surface area contributed by atoms with Crippen molar-refractivity contribution >= 4 is 5.91 Å². The summed E-state index contributed by atoms with van der Waals surface area (Å²) in [5, 5.41) is 12.2. The van der Waals surface area contributed by atoms with E-state index in [1.807, 2.05) is 0 Å². The van der Waals surface area contributed by atoms with Crippen LogP contribution in [-0.2, 0) is 12.7 Å². The first-order valence-electron chi connectivity index (χ1n) is 7.33. The molecule has 0 saturated heterocycles. The zero-order valence-corrected chi connectivity index (χ0v) is 13.0. The number of furan rings is 1. The van der Waals surface area contributed by atoms with Crippen molar-refractivity contribution < 1.29 is 32.2 Å².